The fourth-order valence-corrected chi connectivity index (χ4v) is 2.98. The molecular weight excluding hydrogens is 388 g/mol. The highest BCUT2D eigenvalue weighted by atomic mass is 16.7. The molecule has 2 amide bonds. The summed E-state index contributed by atoms with van der Waals surface area (Å²) in [7, 11) is 0. The number of hydroxylamine groups is 1. The predicted molar refractivity (Wildman–Crippen MR) is 109 cm³/mol. The molecule has 10 nitrogen and oxygen atoms in total. The molecule has 164 valence electrons. The van der Waals surface area contributed by atoms with Gasteiger partial charge in [-0.05, 0) is 46.5 Å². The van der Waals surface area contributed by atoms with E-state index in [2.05, 4.69) is 25.7 Å². The number of aromatic nitrogens is 2. The number of hydrogen-bond donors (Lipinski definition) is 2. The lowest BCUT2D eigenvalue weighted by Crippen LogP contribution is -2.41. The zero-order valence-electron chi connectivity index (χ0n) is 18.0. The Balaban J connectivity index is 1.63. The van der Waals surface area contributed by atoms with Gasteiger partial charge in [0, 0.05) is 19.5 Å². The van der Waals surface area contributed by atoms with Gasteiger partial charge in [-0.25, -0.2) is 20.2 Å². The maximum Gasteiger partial charge on any atom is 0.407 e. The topological polar surface area (TPSA) is 129 Å². The Morgan fingerprint density at radius 3 is 2.50 bits per heavy atom. The van der Waals surface area contributed by atoms with Gasteiger partial charge >= 0.3 is 6.09 Å². The van der Waals surface area contributed by atoms with Crippen LogP contribution in [0.4, 0.5) is 10.7 Å². The van der Waals surface area contributed by atoms with E-state index in [1.165, 1.54) is 12.4 Å². The quantitative estimate of drug-likeness (QED) is 0.643. The van der Waals surface area contributed by atoms with Crippen LogP contribution >= 0.6 is 0 Å². The molecule has 1 fully saturated rings. The van der Waals surface area contributed by atoms with Crippen LogP contribution in [0.3, 0.4) is 0 Å². The van der Waals surface area contributed by atoms with Crippen LogP contribution in [-0.4, -0.2) is 53.3 Å². The standard InChI is InChI=1S/C20H30N6O4/c1-14(24-19(28)30-20(2,3)4)13-29-25-17(27)9-15-5-7-26(8-6-15)18-22-11-16(10-21)12-23-18/h11-12,14-15H,5-9,13H2,1-4H3,(H,24,28)(H,25,27). The molecule has 10 heteroatoms. The van der Waals surface area contributed by atoms with Gasteiger partial charge in [0.2, 0.25) is 11.9 Å². The van der Waals surface area contributed by atoms with Crippen molar-refractivity contribution in [3.05, 3.63) is 18.0 Å². The van der Waals surface area contributed by atoms with Crippen molar-refractivity contribution >= 4 is 17.9 Å². The normalized spacial score (nSPS) is 15.8. The molecule has 1 aromatic heterocycles. The average Bonchev–Trinajstić information content (AvgIpc) is 2.67. The van der Waals surface area contributed by atoms with Gasteiger partial charge in [-0.1, -0.05) is 0 Å². The average molecular weight is 418 g/mol. The van der Waals surface area contributed by atoms with E-state index in [1.807, 2.05) is 6.07 Å². The minimum atomic E-state index is -0.569. The summed E-state index contributed by atoms with van der Waals surface area (Å²) in [6.45, 7) is 8.77. The molecule has 0 radical (unpaired) electrons. The maximum absolute atomic E-state index is 12.1. The van der Waals surface area contributed by atoms with Crippen LogP contribution in [0.5, 0.6) is 0 Å². The first kappa shape index (κ1) is 23.3. The molecule has 1 aromatic rings. The lowest BCUT2D eigenvalue weighted by Gasteiger charge is -2.31. The van der Waals surface area contributed by atoms with Gasteiger partial charge in [-0.15, -0.1) is 0 Å². The first-order valence-electron chi connectivity index (χ1n) is 10.0. The fourth-order valence-electron chi connectivity index (χ4n) is 2.98. The molecule has 1 aliphatic heterocycles. The van der Waals surface area contributed by atoms with Crippen molar-refractivity contribution in [3.8, 4) is 6.07 Å². The second kappa shape index (κ2) is 10.7. The van der Waals surface area contributed by atoms with E-state index >= 15 is 0 Å². The number of alkyl carbamates (subject to hydrolysis) is 1. The largest absolute Gasteiger partial charge is 0.444 e. The number of anilines is 1. The lowest BCUT2D eigenvalue weighted by atomic mass is 9.93. The number of hydrogen-bond acceptors (Lipinski definition) is 8. The SMILES string of the molecule is CC(CONC(=O)CC1CCN(c2ncc(C#N)cn2)CC1)NC(=O)OC(C)(C)C. The molecule has 0 spiro atoms. The third-order valence-electron chi connectivity index (χ3n) is 4.42. The van der Waals surface area contributed by atoms with Gasteiger partial charge in [-0.3, -0.25) is 9.63 Å². The van der Waals surface area contributed by atoms with Gasteiger partial charge < -0.3 is 15.0 Å². The summed E-state index contributed by atoms with van der Waals surface area (Å²) < 4.78 is 5.17. The van der Waals surface area contributed by atoms with Crippen LogP contribution in [0.25, 0.3) is 0 Å². The molecule has 1 unspecified atom stereocenters. The van der Waals surface area contributed by atoms with Crippen molar-refractivity contribution in [1.82, 2.24) is 20.8 Å². The Morgan fingerprint density at radius 2 is 1.93 bits per heavy atom. The minimum absolute atomic E-state index is 0.138. The van der Waals surface area contributed by atoms with Crippen LogP contribution in [0.1, 0.15) is 52.5 Å². The van der Waals surface area contributed by atoms with E-state index < -0.39 is 11.7 Å². The number of piperidine rings is 1. The van der Waals surface area contributed by atoms with E-state index in [-0.39, 0.29) is 24.5 Å². The highest BCUT2D eigenvalue weighted by Gasteiger charge is 2.23. The third-order valence-corrected chi connectivity index (χ3v) is 4.42. The van der Waals surface area contributed by atoms with Crippen LogP contribution < -0.4 is 15.7 Å². The Morgan fingerprint density at radius 1 is 1.30 bits per heavy atom. The third kappa shape index (κ3) is 8.21. The number of nitrogens with one attached hydrogen (secondary N) is 2. The number of carbonyl (C=O) groups is 2. The Labute approximate surface area is 176 Å². The van der Waals surface area contributed by atoms with Crippen molar-refractivity contribution in [2.45, 2.75) is 58.6 Å². The molecule has 0 saturated carbocycles. The number of rotatable bonds is 7. The number of nitrogens with zero attached hydrogens (tertiary/aromatic N) is 4. The van der Waals surface area contributed by atoms with Crippen LogP contribution in [0.15, 0.2) is 12.4 Å². The van der Waals surface area contributed by atoms with E-state index in [0.717, 1.165) is 25.9 Å². The second-order valence-corrected chi connectivity index (χ2v) is 8.40. The molecule has 2 N–H and O–H groups in total. The van der Waals surface area contributed by atoms with E-state index in [0.29, 0.717) is 17.9 Å². The molecule has 1 atom stereocenters. The summed E-state index contributed by atoms with van der Waals surface area (Å²) in [5, 5.41) is 11.5. The summed E-state index contributed by atoms with van der Waals surface area (Å²) in [6, 6.07) is 1.69. The molecular formula is C20H30N6O4. The summed E-state index contributed by atoms with van der Waals surface area (Å²) in [5.41, 5.74) is 2.30. The Bertz CT molecular complexity index is 748. The molecule has 30 heavy (non-hydrogen) atoms. The lowest BCUT2D eigenvalue weighted by molar-refractivity contribution is -0.135. The van der Waals surface area contributed by atoms with Gasteiger partial charge in [-0.2, -0.15) is 5.26 Å². The van der Waals surface area contributed by atoms with Gasteiger partial charge in [0.05, 0.1) is 30.6 Å². The number of amides is 2. The van der Waals surface area contributed by atoms with Crippen LogP contribution in [0, 0.1) is 17.2 Å². The zero-order valence-corrected chi connectivity index (χ0v) is 18.0. The van der Waals surface area contributed by atoms with Crippen molar-refractivity contribution in [2.75, 3.05) is 24.6 Å². The first-order chi connectivity index (χ1) is 14.2. The molecule has 0 bridgehead atoms. The van der Waals surface area contributed by atoms with Crippen molar-refractivity contribution in [1.29, 1.82) is 5.26 Å². The summed E-state index contributed by atoms with van der Waals surface area (Å²) in [5.74, 6) is 0.666. The van der Waals surface area contributed by atoms with Gasteiger partial charge in [0.1, 0.15) is 11.7 Å². The summed E-state index contributed by atoms with van der Waals surface area (Å²) in [6.07, 6.45) is 4.55. The molecule has 2 rings (SSSR count). The predicted octanol–water partition coefficient (Wildman–Crippen LogP) is 1.92. The number of nitriles is 1. The second-order valence-electron chi connectivity index (χ2n) is 8.40. The number of ether oxygens (including phenoxy) is 1. The van der Waals surface area contributed by atoms with E-state index in [1.54, 1.807) is 27.7 Å². The van der Waals surface area contributed by atoms with Crippen LogP contribution in [-0.2, 0) is 14.4 Å². The Hall–Kier alpha value is -2.93. The van der Waals surface area contributed by atoms with Gasteiger partial charge in [0.25, 0.3) is 0 Å². The molecule has 1 saturated heterocycles. The van der Waals surface area contributed by atoms with E-state index in [4.69, 9.17) is 14.8 Å². The first-order valence-corrected chi connectivity index (χ1v) is 10.0. The van der Waals surface area contributed by atoms with E-state index in [9.17, 15) is 9.59 Å². The highest BCUT2D eigenvalue weighted by molar-refractivity contribution is 5.75. The van der Waals surface area contributed by atoms with Crippen molar-refractivity contribution in [3.63, 3.8) is 0 Å². The molecule has 2 heterocycles. The zero-order chi connectivity index (χ0) is 22.1. The monoisotopic (exact) mass is 418 g/mol. The fraction of sp³-hybridized carbons (Fsp3) is 0.650. The summed E-state index contributed by atoms with van der Waals surface area (Å²) in [4.78, 5) is 39.5. The summed E-state index contributed by atoms with van der Waals surface area (Å²) >= 11 is 0. The molecule has 0 aliphatic carbocycles. The van der Waals surface area contributed by atoms with Crippen molar-refractivity contribution in [2.24, 2.45) is 5.92 Å². The molecule has 1 aliphatic rings. The minimum Gasteiger partial charge on any atom is -0.444 e. The Kier molecular flexibility index (Phi) is 8.35. The van der Waals surface area contributed by atoms with Gasteiger partial charge in [0.15, 0.2) is 0 Å². The maximum atomic E-state index is 12.1. The highest BCUT2D eigenvalue weighted by Crippen LogP contribution is 2.23. The smallest absolute Gasteiger partial charge is 0.407 e. The van der Waals surface area contributed by atoms with Crippen LogP contribution in [0.2, 0.25) is 0 Å². The number of carbonyl (C=O) groups excluding carboxylic acids is 2. The molecule has 0 aromatic carbocycles. The van der Waals surface area contributed by atoms with Crippen molar-refractivity contribution < 1.29 is 19.2 Å².